The third-order valence-electron chi connectivity index (χ3n) is 4.61. The quantitative estimate of drug-likeness (QED) is 0.839. The van der Waals surface area contributed by atoms with E-state index >= 15 is 0 Å². The van der Waals surface area contributed by atoms with Gasteiger partial charge in [0.15, 0.2) is 5.82 Å². The van der Waals surface area contributed by atoms with E-state index in [1.54, 1.807) is 0 Å². The van der Waals surface area contributed by atoms with Crippen molar-refractivity contribution < 1.29 is 4.52 Å². The number of aryl methyl sites for hydroxylation is 2. The Morgan fingerprint density at radius 3 is 2.77 bits per heavy atom. The summed E-state index contributed by atoms with van der Waals surface area (Å²) in [5.74, 6) is 4.02. The summed E-state index contributed by atoms with van der Waals surface area (Å²) in [5.41, 5.74) is 0. The molecule has 2 aliphatic rings. The van der Waals surface area contributed by atoms with Gasteiger partial charge in [-0.3, -0.25) is 4.90 Å². The first-order valence-electron chi connectivity index (χ1n) is 8.13. The lowest BCUT2D eigenvalue weighted by molar-refractivity contribution is 0.191. The van der Waals surface area contributed by atoms with Crippen molar-refractivity contribution >= 4 is 0 Å². The van der Waals surface area contributed by atoms with Crippen molar-refractivity contribution in [3.63, 3.8) is 0 Å². The minimum atomic E-state index is 0.469. The van der Waals surface area contributed by atoms with E-state index in [0.29, 0.717) is 12.0 Å². The van der Waals surface area contributed by atoms with Gasteiger partial charge in [-0.15, -0.1) is 0 Å². The third kappa shape index (κ3) is 2.77. The Morgan fingerprint density at radius 2 is 2.05 bits per heavy atom. The largest absolute Gasteiger partial charge is 0.338 e. The number of hydrogen-bond donors (Lipinski definition) is 0. The van der Waals surface area contributed by atoms with Crippen molar-refractivity contribution in [2.45, 2.75) is 64.6 Å². The molecule has 2 aromatic rings. The standard InChI is InChI=1S/C15H22N6O/c1-10-16-11(2)21(18-10)8-13-4-3-7-20(13)9-14-17-15(19-22-14)12-5-6-12/h12-13H,3-9H2,1-2H3/t13-/m0/s1. The second-order valence-corrected chi connectivity index (χ2v) is 6.48. The first kappa shape index (κ1) is 13.9. The molecule has 0 bridgehead atoms. The second kappa shape index (κ2) is 5.46. The number of aromatic nitrogens is 5. The molecule has 1 saturated carbocycles. The summed E-state index contributed by atoms with van der Waals surface area (Å²) >= 11 is 0. The van der Waals surface area contributed by atoms with Crippen LogP contribution in [0.2, 0.25) is 0 Å². The summed E-state index contributed by atoms with van der Waals surface area (Å²) in [7, 11) is 0. The van der Waals surface area contributed by atoms with Gasteiger partial charge in [-0.05, 0) is 46.1 Å². The van der Waals surface area contributed by atoms with E-state index in [2.05, 4.69) is 25.1 Å². The van der Waals surface area contributed by atoms with Gasteiger partial charge in [-0.2, -0.15) is 10.1 Å². The highest BCUT2D eigenvalue weighted by molar-refractivity contribution is 5.03. The molecule has 0 N–H and O–H groups in total. The molecule has 4 rings (SSSR count). The minimum Gasteiger partial charge on any atom is -0.338 e. The van der Waals surface area contributed by atoms with Crippen LogP contribution in [0.1, 0.15) is 55.0 Å². The smallest absolute Gasteiger partial charge is 0.240 e. The molecule has 3 heterocycles. The highest BCUT2D eigenvalue weighted by Gasteiger charge is 2.31. The molecular weight excluding hydrogens is 280 g/mol. The van der Waals surface area contributed by atoms with Crippen LogP contribution in [0.3, 0.4) is 0 Å². The van der Waals surface area contributed by atoms with Gasteiger partial charge in [0.25, 0.3) is 0 Å². The summed E-state index contributed by atoms with van der Waals surface area (Å²) in [4.78, 5) is 11.4. The molecule has 1 aliphatic heterocycles. The Kier molecular flexibility index (Phi) is 3.44. The Hall–Kier alpha value is -1.76. The molecule has 0 radical (unpaired) electrons. The normalized spacial score (nSPS) is 22.5. The average Bonchev–Trinajstić information content (AvgIpc) is 2.93. The van der Waals surface area contributed by atoms with Gasteiger partial charge in [0.2, 0.25) is 5.89 Å². The monoisotopic (exact) mass is 302 g/mol. The lowest BCUT2D eigenvalue weighted by Gasteiger charge is -2.22. The Bertz CT molecular complexity index is 659. The zero-order chi connectivity index (χ0) is 15.1. The predicted molar refractivity (Wildman–Crippen MR) is 79.2 cm³/mol. The molecule has 22 heavy (non-hydrogen) atoms. The molecule has 118 valence electrons. The van der Waals surface area contributed by atoms with E-state index in [-0.39, 0.29) is 0 Å². The summed E-state index contributed by atoms with van der Waals surface area (Å²) < 4.78 is 7.43. The van der Waals surface area contributed by atoms with E-state index in [1.807, 2.05) is 18.5 Å². The molecule has 2 aromatic heterocycles. The summed E-state index contributed by atoms with van der Waals surface area (Å²) in [6.07, 6.45) is 4.80. The topological polar surface area (TPSA) is 72.9 Å². The van der Waals surface area contributed by atoms with Crippen LogP contribution >= 0.6 is 0 Å². The zero-order valence-corrected chi connectivity index (χ0v) is 13.2. The van der Waals surface area contributed by atoms with Crippen molar-refractivity contribution in [1.29, 1.82) is 0 Å². The predicted octanol–water partition coefficient (Wildman–Crippen LogP) is 1.82. The number of likely N-dealkylation sites (tertiary alicyclic amines) is 1. The molecule has 0 spiro atoms. The molecule has 0 amide bonds. The maximum atomic E-state index is 5.42. The summed E-state index contributed by atoms with van der Waals surface area (Å²) in [5, 5.41) is 8.58. The number of nitrogens with zero attached hydrogens (tertiary/aromatic N) is 6. The van der Waals surface area contributed by atoms with Crippen LogP contribution in [-0.2, 0) is 13.1 Å². The Morgan fingerprint density at radius 1 is 1.18 bits per heavy atom. The minimum absolute atomic E-state index is 0.469. The SMILES string of the molecule is Cc1nc(C)n(C[C@@H]2CCCN2Cc2nc(C3CC3)no2)n1. The highest BCUT2D eigenvalue weighted by Crippen LogP contribution is 2.38. The fourth-order valence-corrected chi connectivity index (χ4v) is 3.26. The zero-order valence-electron chi connectivity index (χ0n) is 13.2. The van der Waals surface area contributed by atoms with Crippen LogP contribution in [-0.4, -0.2) is 42.4 Å². The van der Waals surface area contributed by atoms with Gasteiger partial charge >= 0.3 is 0 Å². The van der Waals surface area contributed by atoms with Crippen molar-refractivity contribution in [1.82, 2.24) is 29.8 Å². The van der Waals surface area contributed by atoms with Gasteiger partial charge in [0.05, 0.1) is 13.1 Å². The molecule has 0 unspecified atom stereocenters. The van der Waals surface area contributed by atoms with Crippen LogP contribution in [0, 0.1) is 13.8 Å². The Balaban J connectivity index is 1.42. The van der Waals surface area contributed by atoms with Crippen LogP contribution in [0.4, 0.5) is 0 Å². The summed E-state index contributed by atoms with van der Waals surface area (Å²) in [6, 6.07) is 0.469. The molecule has 1 aliphatic carbocycles. The molecular formula is C15H22N6O. The fraction of sp³-hybridized carbons (Fsp3) is 0.733. The first-order chi connectivity index (χ1) is 10.7. The van der Waals surface area contributed by atoms with E-state index < -0.39 is 0 Å². The van der Waals surface area contributed by atoms with Gasteiger partial charge < -0.3 is 4.52 Å². The molecule has 1 saturated heterocycles. The van der Waals surface area contributed by atoms with Gasteiger partial charge in [-0.1, -0.05) is 5.16 Å². The molecule has 2 fully saturated rings. The second-order valence-electron chi connectivity index (χ2n) is 6.48. The lowest BCUT2D eigenvalue weighted by atomic mass is 10.2. The van der Waals surface area contributed by atoms with Crippen LogP contribution < -0.4 is 0 Å². The first-order valence-corrected chi connectivity index (χ1v) is 8.13. The van der Waals surface area contributed by atoms with Crippen molar-refractivity contribution in [2.24, 2.45) is 0 Å². The van der Waals surface area contributed by atoms with Crippen LogP contribution in [0.15, 0.2) is 4.52 Å². The van der Waals surface area contributed by atoms with Gasteiger partial charge in [-0.25, -0.2) is 9.67 Å². The maximum Gasteiger partial charge on any atom is 0.240 e. The van der Waals surface area contributed by atoms with E-state index in [4.69, 9.17) is 4.52 Å². The molecule has 7 heteroatoms. The van der Waals surface area contributed by atoms with E-state index in [9.17, 15) is 0 Å². The van der Waals surface area contributed by atoms with Crippen molar-refractivity contribution in [2.75, 3.05) is 6.54 Å². The average molecular weight is 302 g/mol. The van der Waals surface area contributed by atoms with Gasteiger partial charge in [0.1, 0.15) is 11.6 Å². The molecule has 7 nitrogen and oxygen atoms in total. The number of hydrogen-bond acceptors (Lipinski definition) is 6. The number of rotatable bonds is 5. The summed E-state index contributed by atoms with van der Waals surface area (Å²) in [6.45, 7) is 6.67. The van der Waals surface area contributed by atoms with Crippen LogP contribution in [0.25, 0.3) is 0 Å². The highest BCUT2D eigenvalue weighted by atomic mass is 16.5. The van der Waals surface area contributed by atoms with E-state index in [0.717, 1.165) is 43.0 Å². The van der Waals surface area contributed by atoms with Crippen molar-refractivity contribution in [3.05, 3.63) is 23.4 Å². The van der Waals surface area contributed by atoms with E-state index in [1.165, 1.54) is 25.7 Å². The molecule has 0 aromatic carbocycles. The van der Waals surface area contributed by atoms with Gasteiger partial charge in [0, 0.05) is 12.0 Å². The lowest BCUT2D eigenvalue weighted by Crippen LogP contribution is -2.33. The van der Waals surface area contributed by atoms with Crippen molar-refractivity contribution in [3.8, 4) is 0 Å². The third-order valence-corrected chi connectivity index (χ3v) is 4.61. The fourth-order valence-electron chi connectivity index (χ4n) is 3.26. The van der Waals surface area contributed by atoms with Crippen LogP contribution in [0.5, 0.6) is 0 Å². The maximum absolute atomic E-state index is 5.42. The molecule has 1 atom stereocenters. The Labute approximate surface area is 129 Å².